The molecule has 0 aromatic carbocycles. The topological polar surface area (TPSA) is 71.7 Å². The van der Waals surface area contributed by atoms with Crippen LogP contribution in [0.2, 0.25) is 0 Å². The first-order valence-electron chi connectivity index (χ1n) is 9.43. The molecule has 1 fully saturated rings. The average molecular weight is 377 g/mol. The van der Waals surface area contributed by atoms with Gasteiger partial charge in [-0.2, -0.15) is 0 Å². The van der Waals surface area contributed by atoms with Crippen molar-refractivity contribution in [1.29, 1.82) is 0 Å². The fraction of sp³-hybridized carbons (Fsp3) is 0.579. The second-order valence-corrected chi connectivity index (χ2v) is 7.53. The van der Waals surface area contributed by atoms with Crippen molar-refractivity contribution in [2.75, 3.05) is 26.2 Å². The van der Waals surface area contributed by atoms with Crippen LogP contribution in [-0.4, -0.2) is 43.3 Å². The van der Waals surface area contributed by atoms with E-state index < -0.39 is 0 Å². The van der Waals surface area contributed by atoms with Crippen LogP contribution in [0.25, 0.3) is 0 Å². The van der Waals surface area contributed by atoms with Gasteiger partial charge >= 0.3 is 0 Å². The highest BCUT2D eigenvalue weighted by atomic mass is 32.1. The smallest absolute Gasteiger partial charge is 0.191 e. The summed E-state index contributed by atoms with van der Waals surface area (Å²) >= 11 is 1.79. The highest BCUT2D eigenvalue weighted by molar-refractivity contribution is 7.11. The van der Waals surface area contributed by atoms with Gasteiger partial charge in [0.25, 0.3) is 0 Å². The molecule has 3 rings (SSSR count). The molecule has 3 heterocycles. The fourth-order valence-corrected chi connectivity index (χ4v) is 3.69. The Kier molecular flexibility index (Phi) is 7.51. The summed E-state index contributed by atoms with van der Waals surface area (Å²) in [5.74, 6) is 1.81. The molecule has 0 aliphatic carbocycles. The van der Waals surface area contributed by atoms with Gasteiger partial charge in [0.05, 0.1) is 23.9 Å². The number of aromatic nitrogens is 1. The molecule has 0 radical (unpaired) electrons. The van der Waals surface area contributed by atoms with Crippen LogP contribution in [0.1, 0.15) is 35.4 Å². The van der Waals surface area contributed by atoms with Crippen molar-refractivity contribution in [3.8, 4) is 0 Å². The maximum absolute atomic E-state index is 5.67. The Balaban J connectivity index is 1.46. The monoisotopic (exact) mass is 376 g/mol. The Morgan fingerprint density at radius 2 is 2.23 bits per heavy atom. The second kappa shape index (κ2) is 10.3. The van der Waals surface area contributed by atoms with Crippen molar-refractivity contribution in [1.82, 2.24) is 15.6 Å². The zero-order valence-electron chi connectivity index (χ0n) is 15.4. The third kappa shape index (κ3) is 6.14. The molecule has 7 heteroatoms. The van der Waals surface area contributed by atoms with E-state index in [1.807, 2.05) is 18.3 Å². The Bertz CT molecular complexity index is 663. The van der Waals surface area contributed by atoms with E-state index in [0.717, 1.165) is 63.5 Å². The molecule has 6 nitrogen and oxygen atoms in total. The minimum absolute atomic E-state index is 0.254. The van der Waals surface area contributed by atoms with Crippen LogP contribution in [0.15, 0.2) is 34.0 Å². The van der Waals surface area contributed by atoms with Gasteiger partial charge in [-0.05, 0) is 31.4 Å². The van der Waals surface area contributed by atoms with Crippen molar-refractivity contribution in [2.45, 2.75) is 45.1 Å². The number of furan rings is 1. The lowest BCUT2D eigenvalue weighted by molar-refractivity contribution is 0.117. The highest BCUT2D eigenvalue weighted by Gasteiger charge is 2.15. The number of rotatable bonds is 9. The molecule has 0 spiro atoms. The van der Waals surface area contributed by atoms with Crippen LogP contribution >= 0.6 is 11.3 Å². The zero-order valence-corrected chi connectivity index (χ0v) is 16.2. The van der Waals surface area contributed by atoms with Gasteiger partial charge in [0.15, 0.2) is 5.96 Å². The summed E-state index contributed by atoms with van der Waals surface area (Å²) in [6.07, 6.45) is 8.97. The second-order valence-electron chi connectivity index (χ2n) is 6.33. The predicted molar refractivity (Wildman–Crippen MR) is 105 cm³/mol. The van der Waals surface area contributed by atoms with Crippen LogP contribution in [-0.2, 0) is 24.0 Å². The molecule has 142 valence electrons. The first kappa shape index (κ1) is 18.9. The Hall–Kier alpha value is -1.86. The molecule has 26 heavy (non-hydrogen) atoms. The van der Waals surface area contributed by atoms with Crippen LogP contribution < -0.4 is 10.6 Å². The number of hydrogen-bond donors (Lipinski definition) is 2. The summed E-state index contributed by atoms with van der Waals surface area (Å²) in [6, 6.07) is 3.91. The van der Waals surface area contributed by atoms with Crippen LogP contribution in [0.4, 0.5) is 0 Å². The van der Waals surface area contributed by atoms with Gasteiger partial charge in [-0.15, -0.1) is 11.3 Å². The van der Waals surface area contributed by atoms with E-state index in [-0.39, 0.29) is 6.10 Å². The average Bonchev–Trinajstić information content (AvgIpc) is 3.41. The molecular weight excluding hydrogens is 348 g/mol. The van der Waals surface area contributed by atoms with E-state index in [1.54, 1.807) is 17.6 Å². The lowest BCUT2D eigenvalue weighted by Gasteiger charge is -2.13. The van der Waals surface area contributed by atoms with Crippen LogP contribution in [0.5, 0.6) is 0 Å². The number of nitrogens with one attached hydrogen (secondary N) is 2. The summed E-state index contributed by atoms with van der Waals surface area (Å²) in [5, 5.41) is 7.98. The fourth-order valence-electron chi connectivity index (χ4n) is 2.83. The largest absolute Gasteiger partial charge is 0.469 e. The molecule has 1 unspecified atom stereocenters. The van der Waals surface area contributed by atoms with E-state index in [9.17, 15) is 0 Å². The third-order valence-electron chi connectivity index (χ3n) is 4.30. The number of aryl methyl sites for hydroxylation is 1. The maximum atomic E-state index is 5.67. The van der Waals surface area contributed by atoms with Crippen LogP contribution in [0.3, 0.4) is 0 Å². The number of guanidine groups is 1. The molecule has 1 aliphatic rings. The zero-order chi connectivity index (χ0) is 18.0. The minimum atomic E-state index is 0.254. The quantitative estimate of drug-likeness (QED) is 0.520. The van der Waals surface area contributed by atoms with Crippen LogP contribution in [0, 0.1) is 0 Å². The third-order valence-corrected chi connectivity index (χ3v) is 5.50. The van der Waals surface area contributed by atoms with Gasteiger partial charge in [-0.1, -0.05) is 6.92 Å². The summed E-state index contributed by atoms with van der Waals surface area (Å²) in [6.45, 7) is 5.32. The van der Waals surface area contributed by atoms with Gasteiger partial charge in [0, 0.05) is 43.6 Å². The van der Waals surface area contributed by atoms with Crippen molar-refractivity contribution >= 4 is 17.3 Å². The van der Waals surface area contributed by atoms with Crippen molar-refractivity contribution < 1.29 is 9.15 Å². The van der Waals surface area contributed by atoms with Crippen molar-refractivity contribution in [2.24, 2.45) is 4.99 Å². The van der Waals surface area contributed by atoms with Crippen molar-refractivity contribution in [3.63, 3.8) is 0 Å². The van der Waals surface area contributed by atoms with Gasteiger partial charge in [0.1, 0.15) is 5.76 Å². The maximum Gasteiger partial charge on any atom is 0.191 e. The molecular formula is C19H28N4O2S. The molecule has 1 aliphatic heterocycles. The molecule has 1 saturated heterocycles. The van der Waals surface area contributed by atoms with E-state index in [0.29, 0.717) is 6.54 Å². The van der Waals surface area contributed by atoms with E-state index in [1.165, 1.54) is 9.88 Å². The Morgan fingerprint density at radius 3 is 2.92 bits per heavy atom. The van der Waals surface area contributed by atoms with Gasteiger partial charge in [-0.25, -0.2) is 4.98 Å². The highest BCUT2D eigenvalue weighted by Crippen LogP contribution is 2.13. The SMILES string of the molecule is CCc1cnc(CCNC(=NCC2CCCO2)NCCc2ccco2)s1. The Labute approximate surface area is 159 Å². The van der Waals surface area contributed by atoms with E-state index in [2.05, 4.69) is 22.5 Å². The van der Waals surface area contributed by atoms with Crippen molar-refractivity contribution in [3.05, 3.63) is 40.2 Å². The van der Waals surface area contributed by atoms with Gasteiger partial charge in [0.2, 0.25) is 0 Å². The number of thiazole rings is 1. The number of nitrogens with zero attached hydrogens (tertiary/aromatic N) is 2. The minimum Gasteiger partial charge on any atom is -0.469 e. The summed E-state index contributed by atoms with van der Waals surface area (Å²) < 4.78 is 11.1. The van der Waals surface area contributed by atoms with Gasteiger partial charge < -0.3 is 19.8 Å². The normalized spacial score (nSPS) is 17.6. The molecule has 1 atom stereocenters. The summed E-state index contributed by atoms with van der Waals surface area (Å²) in [5.41, 5.74) is 0. The lowest BCUT2D eigenvalue weighted by atomic mass is 10.2. The molecule has 2 aromatic rings. The number of ether oxygens (including phenoxy) is 1. The number of hydrogen-bond acceptors (Lipinski definition) is 5. The summed E-state index contributed by atoms with van der Waals surface area (Å²) in [7, 11) is 0. The van der Waals surface area contributed by atoms with Gasteiger partial charge in [-0.3, -0.25) is 4.99 Å². The molecule has 0 bridgehead atoms. The Morgan fingerprint density at radius 1 is 1.35 bits per heavy atom. The molecule has 2 aromatic heterocycles. The first-order valence-corrected chi connectivity index (χ1v) is 10.2. The first-order chi connectivity index (χ1) is 12.8. The van der Waals surface area contributed by atoms with E-state index in [4.69, 9.17) is 14.1 Å². The molecule has 0 saturated carbocycles. The standard InChI is InChI=1S/C19H28N4O2S/c1-2-17-14-22-18(26-17)8-10-21-19(23-13-16-6-4-12-25-16)20-9-7-15-5-3-11-24-15/h3,5,11,14,16H,2,4,6-10,12-13H2,1H3,(H2,20,21,23). The molecule has 0 amide bonds. The van der Waals surface area contributed by atoms with E-state index >= 15 is 0 Å². The molecule has 2 N–H and O–H groups in total. The lowest BCUT2D eigenvalue weighted by Crippen LogP contribution is -2.40. The summed E-state index contributed by atoms with van der Waals surface area (Å²) in [4.78, 5) is 10.5. The number of aliphatic imine (C=N–C) groups is 1. The predicted octanol–water partition coefficient (Wildman–Crippen LogP) is 2.80.